The molecule has 1 aliphatic heterocycles. The molecule has 3 rings (SSSR count). The summed E-state index contributed by atoms with van der Waals surface area (Å²) in [5.41, 5.74) is 2.03. The first-order valence-electron chi connectivity index (χ1n) is 10.2. The van der Waals surface area contributed by atoms with E-state index in [0.717, 1.165) is 41.6 Å². The van der Waals surface area contributed by atoms with Gasteiger partial charge in [-0.25, -0.2) is 13.1 Å². The molecule has 0 aliphatic carbocycles. The number of rotatable bonds is 7. The van der Waals surface area contributed by atoms with Crippen LogP contribution in [0.15, 0.2) is 28.6 Å². The van der Waals surface area contributed by atoms with E-state index in [0.29, 0.717) is 0 Å². The topological polar surface area (TPSA) is 104 Å². The fourth-order valence-electron chi connectivity index (χ4n) is 3.21. The maximum atomic E-state index is 12.7. The Kier molecular flexibility index (Phi) is 7.10. The van der Waals surface area contributed by atoms with Crippen molar-refractivity contribution in [3.8, 4) is 0 Å². The van der Waals surface area contributed by atoms with Crippen LogP contribution in [0.25, 0.3) is 0 Å². The molecule has 1 atom stereocenters. The van der Waals surface area contributed by atoms with Crippen molar-refractivity contribution >= 4 is 38.1 Å². The van der Waals surface area contributed by atoms with Gasteiger partial charge < -0.3 is 10.2 Å². The highest BCUT2D eigenvalue weighted by atomic mass is 32.2. The summed E-state index contributed by atoms with van der Waals surface area (Å²) in [6.07, 6.45) is 2.39. The lowest BCUT2D eigenvalue weighted by Crippen LogP contribution is -2.32. The van der Waals surface area contributed by atoms with E-state index in [4.69, 9.17) is 0 Å². The average Bonchev–Trinajstić information content (AvgIpc) is 3.18. The molecule has 1 fully saturated rings. The highest BCUT2D eigenvalue weighted by molar-refractivity contribution is 7.91. The Balaban J connectivity index is 1.64. The van der Waals surface area contributed by atoms with Crippen LogP contribution in [-0.4, -0.2) is 37.6 Å². The zero-order chi connectivity index (χ0) is 21.9. The van der Waals surface area contributed by atoms with E-state index in [1.54, 1.807) is 20.8 Å². The molecule has 1 amide bonds. The van der Waals surface area contributed by atoms with Gasteiger partial charge in [-0.2, -0.15) is 0 Å². The predicted molar refractivity (Wildman–Crippen MR) is 119 cm³/mol. The van der Waals surface area contributed by atoms with E-state index in [1.165, 1.54) is 12.8 Å². The molecular weight excluding hydrogens is 422 g/mol. The maximum absolute atomic E-state index is 12.7. The van der Waals surface area contributed by atoms with Crippen molar-refractivity contribution in [2.75, 3.05) is 23.3 Å². The largest absolute Gasteiger partial charge is 0.372 e. The van der Waals surface area contributed by atoms with Crippen molar-refractivity contribution in [3.05, 3.63) is 29.8 Å². The lowest BCUT2D eigenvalue weighted by molar-refractivity contribution is -0.118. The van der Waals surface area contributed by atoms with Crippen molar-refractivity contribution in [2.45, 2.75) is 50.9 Å². The van der Waals surface area contributed by atoms with E-state index in [9.17, 15) is 13.2 Å². The molecule has 2 heterocycles. The van der Waals surface area contributed by atoms with Gasteiger partial charge in [0.15, 0.2) is 0 Å². The van der Waals surface area contributed by atoms with Crippen LogP contribution in [0.3, 0.4) is 0 Å². The number of carbonyl (C=O) groups excluding carboxylic acids is 1. The Labute approximate surface area is 182 Å². The number of nitrogens with zero attached hydrogens (tertiary/aromatic N) is 3. The number of amides is 1. The molecule has 0 radical (unpaired) electrons. The van der Waals surface area contributed by atoms with Gasteiger partial charge in [0.2, 0.25) is 15.4 Å². The molecule has 10 heteroatoms. The Hall–Kier alpha value is -2.04. The summed E-state index contributed by atoms with van der Waals surface area (Å²) < 4.78 is 27.8. The molecule has 0 unspecified atom stereocenters. The second-order valence-electron chi connectivity index (χ2n) is 8.12. The van der Waals surface area contributed by atoms with E-state index >= 15 is 0 Å². The summed E-state index contributed by atoms with van der Waals surface area (Å²) in [7, 11) is -3.85. The lowest BCUT2D eigenvalue weighted by atomic mass is 9.98. The summed E-state index contributed by atoms with van der Waals surface area (Å²) in [6, 6.07) is 7.56. The molecule has 0 spiro atoms. The summed E-state index contributed by atoms with van der Waals surface area (Å²) in [5, 5.41) is 10.2. The summed E-state index contributed by atoms with van der Waals surface area (Å²) in [6.45, 7) is 9.67. The smallest absolute Gasteiger partial charge is 0.270 e. The first-order chi connectivity index (χ1) is 14.2. The minimum absolute atomic E-state index is 0.168. The molecule has 2 N–H and O–H groups in total. The zero-order valence-electron chi connectivity index (χ0n) is 17.8. The molecule has 0 saturated carbocycles. The highest BCUT2D eigenvalue weighted by Gasteiger charge is 2.24. The number of hydrogen-bond donors (Lipinski definition) is 2. The third-order valence-corrected chi connectivity index (χ3v) is 8.01. The third-order valence-electron chi connectivity index (χ3n) is 5.26. The van der Waals surface area contributed by atoms with E-state index in [1.807, 2.05) is 24.3 Å². The number of nitrogens with one attached hydrogen (secondary N) is 2. The highest BCUT2D eigenvalue weighted by Crippen LogP contribution is 2.26. The van der Waals surface area contributed by atoms with Crippen LogP contribution in [0.1, 0.15) is 52.1 Å². The number of anilines is 2. The van der Waals surface area contributed by atoms with Crippen LogP contribution in [0.2, 0.25) is 0 Å². The average molecular weight is 452 g/mol. The van der Waals surface area contributed by atoms with Gasteiger partial charge >= 0.3 is 0 Å². The Morgan fingerprint density at radius 2 is 1.77 bits per heavy atom. The van der Waals surface area contributed by atoms with Crippen molar-refractivity contribution in [3.63, 3.8) is 0 Å². The van der Waals surface area contributed by atoms with Gasteiger partial charge in [-0.05, 0) is 43.4 Å². The van der Waals surface area contributed by atoms with Crippen molar-refractivity contribution in [2.24, 2.45) is 11.8 Å². The molecular formula is C20H29N5O3S2. The van der Waals surface area contributed by atoms with Crippen molar-refractivity contribution in [1.29, 1.82) is 0 Å². The van der Waals surface area contributed by atoms with Gasteiger partial charge in [0.25, 0.3) is 10.0 Å². The molecule has 30 heavy (non-hydrogen) atoms. The molecule has 2 aromatic rings. The van der Waals surface area contributed by atoms with Gasteiger partial charge in [-0.1, -0.05) is 44.2 Å². The molecule has 1 aromatic carbocycles. The molecule has 1 aromatic heterocycles. The van der Waals surface area contributed by atoms with Gasteiger partial charge in [-0.3, -0.25) is 4.79 Å². The van der Waals surface area contributed by atoms with Gasteiger partial charge in [0, 0.05) is 30.7 Å². The fraction of sp³-hybridized carbons (Fsp3) is 0.550. The van der Waals surface area contributed by atoms with Crippen LogP contribution in [0.4, 0.5) is 10.8 Å². The number of hydrogen-bond acceptors (Lipinski definition) is 7. The number of sulfonamides is 1. The lowest BCUT2D eigenvalue weighted by Gasteiger charge is -2.32. The van der Waals surface area contributed by atoms with Crippen LogP contribution in [0, 0.1) is 11.8 Å². The predicted octanol–water partition coefficient (Wildman–Crippen LogP) is 3.41. The second kappa shape index (κ2) is 9.40. The number of piperidine rings is 1. The minimum Gasteiger partial charge on any atom is -0.372 e. The van der Waals surface area contributed by atoms with Gasteiger partial charge in [0.1, 0.15) is 0 Å². The minimum atomic E-state index is -3.85. The van der Waals surface area contributed by atoms with Crippen LogP contribution in [0.5, 0.6) is 0 Å². The Morgan fingerprint density at radius 3 is 2.37 bits per heavy atom. The number of carbonyl (C=O) groups is 1. The number of benzene rings is 1. The van der Waals surface area contributed by atoms with Gasteiger partial charge in [0.05, 0.1) is 0 Å². The summed E-state index contributed by atoms with van der Waals surface area (Å²) in [5.74, 6) is 0.303. The van der Waals surface area contributed by atoms with Crippen LogP contribution >= 0.6 is 11.3 Å². The van der Waals surface area contributed by atoms with Crippen LogP contribution in [-0.2, 0) is 14.8 Å². The zero-order valence-corrected chi connectivity index (χ0v) is 19.4. The van der Waals surface area contributed by atoms with E-state index in [-0.39, 0.29) is 21.3 Å². The quantitative estimate of drug-likeness (QED) is 0.625. The summed E-state index contributed by atoms with van der Waals surface area (Å²) >= 11 is 0.833. The normalized spacial score (nSPS) is 16.6. The molecule has 1 aliphatic rings. The van der Waals surface area contributed by atoms with E-state index < -0.39 is 16.1 Å². The first kappa shape index (κ1) is 22.6. The standard InChI is InChI=1S/C20H29N5O3S2/c1-13(2)18(26)21-19-22-23-20(29-19)30(27,28)24-15(4)16-5-7-17(8-6-16)25-11-9-14(3)10-12-25/h5-8,13-15,24H,9-12H2,1-4H3,(H,21,22,26)/t15-/m1/s1. The maximum Gasteiger partial charge on any atom is 0.270 e. The van der Waals surface area contributed by atoms with Gasteiger partial charge in [-0.15, -0.1) is 10.2 Å². The molecule has 164 valence electrons. The Bertz CT molecular complexity index is 965. The SMILES string of the molecule is CC1CCN(c2ccc([C@@H](C)NS(=O)(=O)c3nnc(NC(=O)C(C)C)s3)cc2)CC1. The van der Waals surface area contributed by atoms with E-state index in [2.05, 4.69) is 32.1 Å². The fourth-order valence-corrected chi connectivity index (χ4v) is 5.36. The molecule has 8 nitrogen and oxygen atoms in total. The summed E-state index contributed by atoms with van der Waals surface area (Å²) in [4.78, 5) is 14.1. The Morgan fingerprint density at radius 1 is 1.13 bits per heavy atom. The van der Waals surface area contributed by atoms with Crippen molar-refractivity contribution < 1.29 is 13.2 Å². The van der Waals surface area contributed by atoms with Crippen molar-refractivity contribution in [1.82, 2.24) is 14.9 Å². The molecule has 0 bridgehead atoms. The third kappa shape index (κ3) is 5.55. The monoisotopic (exact) mass is 451 g/mol. The van der Waals surface area contributed by atoms with Crippen LogP contribution < -0.4 is 14.9 Å². The second-order valence-corrected chi connectivity index (χ2v) is 11.0. The first-order valence-corrected chi connectivity index (χ1v) is 12.5. The number of aromatic nitrogens is 2. The molecule has 1 saturated heterocycles.